The molecule has 1 nitrogen and oxygen atoms in total. The standard InChI is InChI=1S/C41H25N/c1-3-10-26(11-4-1)38-33-15-7-8-16-34(33)39(27-12-5-2-6-13-27)41-36-24-32(23-30-14-9-17-35(37(30)36)40(38)41)28-18-19-31-25-42-21-20-29(31)22-28/h1-25H. The van der Waals surface area contributed by atoms with Gasteiger partial charge in [0, 0.05) is 17.8 Å². The van der Waals surface area contributed by atoms with Gasteiger partial charge in [-0.05, 0) is 107 Å². The van der Waals surface area contributed by atoms with Crippen molar-refractivity contribution in [1.29, 1.82) is 0 Å². The Morgan fingerprint density at radius 2 is 1.00 bits per heavy atom. The number of hydrogen-bond donors (Lipinski definition) is 0. The Balaban J connectivity index is 1.45. The Labute approximate surface area is 244 Å². The van der Waals surface area contributed by atoms with Gasteiger partial charge in [0.15, 0.2) is 0 Å². The molecule has 1 aliphatic rings. The summed E-state index contributed by atoms with van der Waals surface area (Å²) in [7, 11) is 0. The van der Waals surface area contributed by atoms with E-state index in [-0.39, 0.29) is 0 Å². The lowest BCUT2D eigenvalue weighted by Gasteiger charge is -2.20. The van der Waals surface area contributed by atoms with Crippen LogP contribution in [0.4, 0.5) is 0 Å². The lowest BCUT2D eigenvalue weighted by Crippen LogP contribution is -1.93. The summed E-state index contributed by atoms with van der Waals surface area (Å²) >= 11 is 0. The van der Waals surface area contributed by atoms with Gasteiger partial charge in [-0.25, -0.2) is 0 Å². The van der Waals surface area contributed by atoms with E-state index in [1.807, 2.05) is 12.4 Å². The third-order valence-corrected chi connectivity index (χ3v) is 8.83. The Bertz CT molecular complexity index is 2330. The van der Waals surface area contributed by atoms with Gasteiger partial charge in [-0.3, -0.25) is 4.98 Å². The first-order valence-corrected chi connectivity index (χ1v) is 14.5. The van der Waals surface area contributed by atoms with Crippen LogP contribution in [0.3, 0.4) is 0 Å². The van der Waals surface area contributed by atoms with E-state index in [1.165, 1.54) is 82.6 Å². The van der Waals surface area contributed by atoms with E-state index in [4.69, 9.17) is 0 Å². The monoisotopic (exact) mass is 531 g/mol. The van der Waals surface area contributed by atoms with Crippen molar-refractivity contribution >= 4 is 32.3 Å². The minimum absolute atomic E-state index is 1.16. The fourth-order valence-corrected chi connectivity index (χ4v) is 7.05. The topological polar surface area (TPSA) is 12.9 Å². The predicted octanol–water partition coefficient (Wildman–Crippen LogP) is 11.2. The van der Waals surface area contributed by atoms with E-state index in [1.54, 1.807) is 0 Å². The van der Waals surface area contributed by atoms with E-state index in [0.717, 1.165) is 5.39 Å². The van der Waals surface area contributed by atoms with E-state index in [9.17, 15) is 0 Å². The number of rotatable bonds is 3. The molecule has 1 heteroatoms. The van der Waals surface area contributed by atoms with Crippen LogP contribution >= 0.6 is 0 Å². The summed E-state index contributed by atoms with van der Waals surface area (Å²) in [4.78, 5) is 4.31. The number of benzene rings is 7. The molecule has 0 unspecified atom stereocenters. The van der Waals surface area contributed by atoms with Gasteiger partial charge in [0.05, 0.1) is 0 Å². The van der Waals surface area contributed by atoms with Crippen LogP contribution in [0.5, 0.6) is 0 Å². The largest absolute Gasteiger partial charge is 0.264 e. The molecule has 0 radical (unpaired) electrons. The second-order valence-electron chi connectivity index (χ2n) is 11.1. The van der Waals surface area contributed by atoms with Gasteiger partial charge >= 0.3 is 0 Å². The van der Waals surface area contributed by atoms with Crippen molar-refractivity contribution < 1.29 is 0 Å². The lowest BCUT2D eigenvalue weighted by atomic mass is 9.82. The molecule has 0 saturated heterocycles. The van der Waals surface area contributed by atoms with Crippen LogP contribution in [0.2, 0.25) is 0 Å². The van der Waals surface area contributed by atoms with Crippen LogP contribution in [0.1, 0.15) is 0 Å². The number of aromatic nitrogens is 1. The maximum Gasteiger partial charge on any atom is 0.0346 e. The number of fused-ring (bicyclic) bond motifs is 5. The molecule has 0 spiro atoms. The summed E-state index contributed by atoms with van der Waals surface area (Å²) in [6, 6.07) is 51.2. The molecule has 194 valence electrons. The minimum atomic E-state index is 1.16. The molecule has 0 saturated carbocycles. The van der Waals surface area contributed by atoms with Crippen molar-refractivity contribution in [1.82, 2.24) is 4.98 Å². The summed E-state index contributed by atoms with van der Waals surface area (Å²) in [6.07, 6.45) is 3.81. The molecule has 0 bridgehead atoms. The average Bonchev–Trinajstić information content (AvgIpc) is 3.39. The molecule has 0 fully saturated rings. The molecule has 7 aromatic carbocycles. The average molecular weight is 532 g/mol. The number of pyridine rings is 1. The maximum absolute atomic E-state index is 4.31. The van der Waals surface area contributed by atoms with Gasteiger partial charge in [0.2, 0.25) is 0 Å². The molecule has 0 amide bonds. The Hall–Kier alpha value is -5.53. The van der Waals surface area contributed by atoms with Gasteiger partial charge in [-0.15, -0.1) is 0 Å². The van der Waals surface area contributed by atoms with Crippen LogP contribution in [-0.2, 0) is 0 Å². The Kier molecular flexibility index (Phi) is 4.97. The van der Waals surface area contributed by atoms with Crippen molar-refractivity contribution in [3.05, 3.63) is 152 Å². The van der Waals surface area contributed by atoms with Crippen LogP contribution in [0, 0.1) is 0 Å². The summed E-state index contributed by atoms with van der Waals surface area (Å²) in [6.45, 7) is 0. The molecule has 0 aliphatic heterocycles. The molecule has 0 N–H and O–H groups in total. The lowest BCUT2D eigenvalue weighted by molar-refractivity contribution is 1.36. The molecule has 1 aromatic heterocycles. The van der Waals surface area contributed by atoms with Crippen LogP contribution in [0.25, 0.3) is 88.0 Å². The Morgan fingerprint density at radius 3 is 1.71 bits per heavy atom. The highest BCUT2D eigenvalue weighted by Gasteiger charge is 2.30. The molecule has 42 heavy (non-hydrogen) atoms. The van der Waals surface area contributed by atoms with E-state index >= 15 is 0 Å². The first-order valence-electron chi connectivity index (χ1n) is 14.5. The summed E-state index contributed by atoms with van der Waals surface area (Å²) < 4.78 is 0. The molecular formula is C41H25N. The summed E-state index contributed by atoms with van der Waals surface area (Å²) in [5.41, 5.74) is 12.8. The maximum atomic E-state index is 4.31. The van der Waals surface area contributed by atoms with Crippen molar-refractivity contribution in [3.63, 3.8) is 0 Å². The smallest absolute Gasteiger partial charge is 0.0346 e. The van der Waals surface area contributed by atoms with E-state index in [0.29, 0.717) is 0 Å². The molecule has 1 heterocycles. The fourth-order valence-electron chi connectivity index (χ4n) is 7.05. The van der Waals surface area contributed by atoms with Gasteiger partial charge in [0.1, 0.15) is 0 Å². The molecule has 8 aromatic rings. The van der Waals surface area contributed by atoms with Gasteiger partial charge in [-0.1, -0.05) is 115 Å². The van der Waals surface area contributed by atoms with Crippen molar-refractivity contribution in [2.24, 2.45) is 0 Å². The first kappa shape index (κ1) is 23.2. The molecule has 9 rings (SSSR count). The zero-order valence-corrected chi connectivity index (χ0v) is 22.9. The zero-order chi connectivity index (χ0) is 27.6. The van der Waals surface area contributed by atoms with Crippen LogP contribution < -0.4 is 0 Å². The molecule has 0 atom stereocenters. The van der Waals surface area contributed by atoms with E-state index in [2.05, 4.69) is 145 Å². The highest BCUT2D eigenvalue weighted by Crippen LogP contribution is 2.58. The van der Waals surface area contributed by atoms with Crippen LogP contribution in [-0.4, -0.2) is 4.98 Å². The first-order chi connectivity index (χ1) is 20.8. The van der Waals surface area contributed by atoms with Crippen molar-refractivity contribution in [2.45, 2.75) is 0 Å². The second kappa shape index (κ2) is 8.99. The van der Waals surface area contributed by atoms with Gasteiger partial charge in [-0.2, -0.15) is 0 Å². The van der Waals surface area contributed by atoms with Crippen molar-refractivity contribution in [2.75, 3.05) is 0 Å². The highest BCUT2D eigenvalue weighted by atomic mass is 14.6. The third kappa shape index (κ3) is 3.34. The molecular weight excluding hydrogens is 506 g/mol. The quantitative estimate of drug-likeness (QED) is 0.221. The molecule has 1 aliphatic carbocycles. The number of nitrogens with zero attached hydrogens (tertiary/aromatic N) is 1. The van der Waals surface area contributed by atoms with Gasteiger partial charge < -0.3 is 0 Å². The number of hydrogen-bond acceptors (Lipinski definition) is 1. The predicted molar refractivity (Wildman–Crippen MR) is 177 cm³/mol. The van der Waals surface area contributed by atoms with Gasteiger partial charge in [0.25, 0.3) is 0 Å². The van der Waals surface area contributed by atoms with Crippen molar-refractivity contribution in [3.8, 4) is 55.6 Å². The third-order valence-electron chi connectivity index (χ3n) is 8.83. The summed E-state index contributed by atoms with van der Waals surface area (Å²) in [5.74, 6) is 0. The normalized spacial score (nSPS) is 11.8. The zero-order valence-electron chi connectivity index (χ0n) is 22.9. The van der Waals surface area contributed by atoms with E-state index < -0.39 is 0 Å². The second-order valence-corrected chi connectivity index (χ2v) is 11.1. The van der Waals surface area contributed by atoms with Crippen LogP contribution in [0.15, 0.2) is 152 Å². The minimum Gasteiger partial charge on any atom is -0.264 e. The fraction of sp³-hybridized carbons (Fsp3) is 0. The SMILES string of the molecule is c1ccc(-c2c3c(c(-c4ccccc4)c4ccccc24)-c2cc(-c4ccc5cnccc5c4)cc4cccc-3c24)cc1. The highest BCUT2D eigenvalue weighted by molar-refractivity contribution is 6.28. The Morgan fingerprint density at radius 1 is 0.357 bits per heavy atom. The summed E-state index contributed by atoms with van der Waals surface area (Å²) in [5, 5.41) is 7.54.